The highest BCUT2D eigenvalue weighted by atomic mass is 19.4. The number of rotatable bonds is 4. The highest BCUT2D eigenvalue weighted by molar-refractivity contribution is 5.96. The maximum atomic E-state index is 13.5. The molecular weight excluding hydrogens is 531 g/mol. The number of aryl methyl sites for hydroxylation is 2. The molecule has 0 bridgehead atoms. The monoisotopic (exact) mass is 567 g/mol. The number of nitrogens with two attached hydrogens (primary N) is 1. The van der Waals surface area contributed by atoms with Gasteiger partial charge < -0.3 is 20.7 Å². The number of hydrogen-bond acceptors (Lipinski definition) is 6. The fraction of sp³-hybridized carbons (Fsp3) is 0.452. The smallest absolute Gasteiger partial charge is 0.416 e. The number of amides is 1. The lowest BCUT2D eigenvalue weighted by molar-refractivity contribution is -0.137. The number of anilines is 2. The van der Waals surface area contributed by atoms with Gasteiger partial charge in [-0.05, 0) is 112 Å². The average molecular weight is 568 g/mol. The van der Waals surface area contributed by atoms with Crippen LogP contribution in [-0.2, 0) is 23.8 Å². The van der Waals surface area contributed by atoms with E-state index in [-0.39, 0.29) is 11.8 Å². The van der Waals surface area contributed by atoms with Gasteiger partial charge in [0.05, 0.1) is 17.1 Å². The molecule has 0 saturated heterocycles. The van der Waals surface area contributed by atoms with Crippen LogP contribution in [0.2, 0.25) is 0 Å². The zero-order valence-corrected chi connectivity index (χ0v) is 24.1. The van der Waals surface area contributed by atoms with Crippen LogP contribution < -0.4 is 11.1 Å². The third-order valence-corrected chi connectivity index (χ3v) is 7.54. The molecule has 1 aliphatic heterocycles. The van der Waals surface area contributed by atoms with E-state index in [2.05, 4.69) is 22.4 Å². The van der Waals surface area contributed by atoms with Crippen molar-refractivity contribution in [3.63, 3.8) is 0 Å². The number of carbonyl (C=O) groups excluding carboxylic acids is 1. The van der Waals surface area contributed by atoms with Gasteiger partial charge in [0.1, 0.15) is 17.2 Å². The van der Waals surface area contributed by atoms with Gasteiger partial charge in [0.15, 0.2) is 0 Å². The van der Waals surface area contributed by atoms with Crippen LogP contribution in [0.5, 0.6) is 0 Å². The molecule has 3 aromatic rings. The number of carbonyl (C=O) groups is 1. The van der Waals surface area contributed by atoms with Crippen molar-refractivity contribution in [3.8, 4) is 0 Å². The first-order valence-corrected chi connectivity index (χ1v) is 13.9. The molecule has 0 fully saturated rings. The molecule has 1 atom stereocenters. The van der Waals surface area contributed by atoms with E-state index < -0.39 is 23.4 Å². The van der Waals surface area contributed by atoms with Crippen LogP contribution in [0.3, 0.4) is 0 Å². The van der Waals surface area contributed by atoms with Crippen LogP contribution in [0, 0.1) is 6.92 Å². The first kappa shape index (κ1) is 28.7. The second-order valence-corrected chi connectivity index (χ2v) is 11.9. The molecule has 3 N–H and O–H groups in total. The number of ether oxygens (including phenoxy) is 1. The Hall–Kier alpha value is -3.82. The number of fused-ring (bicyclic) bond motifs is 3. The van der Waals surface area contributed by atoms with Crippen molar-refractivity contribution in [2.24, 2.45) is 0 Å². The maximum absolute atomic E-state index is 13.5. The zero-order valence-electron chi connectivity index (χ0n) is 24.1. The molecule has 7 nitrogen and oxygen atoms in total. The quantitative estimate of drug-likeness (QED) is 0.323. The highest BCUT2D eigenvalue weighted by Crippen LogP contribution is 2.40. The minimum Gasteiger partial charge on any atom is -0.444 e. The largest absolute Gasteiger partial charge is 0.444 e. The molecular formula is C31H36F3N5O2. The van der Waals surface area contributed by atoms with E-state index in [0.717, 1.165) is 53.4 Å². The predicted molar refractivity (Wildman–Crippen MR) is 155 cm³/mol. The number of halogens is 3. The standard InChI is InChI=1S/C31H36F3N5O2/c1-17(20-13-21(31(32,33)34)15-22(35)14-20)36-28-26-16-25(23-7-6-8-24(23)27(26)37-18(2)38-28)19-9-11-39(12-10-19)29(40)41-30(3,4)5/h9,13-17H,6-8,10-12,35H2,1-5H3,(H,36,37,38)/t17-/m1/s1. The van der Waals surface area contributed by atoms with Gasteiger partial charge in [-0.3, -0.25) is 0 Å². The number of nitrogens with zero attached hydrogens (tertiary/aromatic N) is 3. The Morgan fingerprint density at radius 2 is 1.80 bits per heavy atom. The van der Waals surface area contributed by atoms with Crippen LogP contribution in [0.1, 0.15) is 80.2 Å². The first-order valence-electron chi connectivity index (χ1n) is 13.9. The molecule has 41 heavy (non-hydrogen) atoms. The molecule has 218 valence electrons. The van der Waals surface area contributed by atoms with Gasteiger partial charge in [-0.25, -0.2) is 14.8 Å². The minimum atomic E-state index is -4.50. The topological polar surface area (TPSA) is 93.4 Å². The molecule has 10 heteroatoms. The molecule has 1 aliphatic carbocycles. The third kappa shape index (κ3) is 6.11. The molecule has 0 saturated carbocycles. The second-order valence-electron chi connectivity index (χ2n) is 11.9. The molecule has 1 aromatic heterocycles. The number of benzene rings is 2. The minimum absolute atomic E-state index is 0.0527. The van der Waals surface area contributed by atoms with Crippen LogP contribution in [0.4, 0.5) is 29.5 Å². The molecule has 0 unspecified atom stereocenters. The van der Waals surface area contributed by atoms with Crippen LogP contribution in [0.25, 0.3) is 16.5 Å². The van der Waals surface area contributed by atoms with Crippen molar-refractivity contribution in [2.45, 2.75) is 78.1 Å². The van der Waals surface area contributed by atoms with Gasteiger partial charge in [0.2, 0.25) is 0 Å². The lowest BCUT2D eigenvalue weighted by Gasteiger charge is -2.30. The number of nitrogen functional groups attached to an aromatic ring is 1. The van der Waals surface area contributed by atoms with Crippen LogP contribution in [0.15, 0.2) is 30.3 Å². The summed E-state index contributed by atoms with van der Waals surface area (Å²) in [7, 11) is 0. The Morgan fingerprint density at radius 3 is 2.46 bits per heavy atom. The normalized spacial score (nSPS) is 16.4. The van der Waals surface area contributed by atoms with Crippen LogP contribution in [-0.4, -0.2) is 39.7 Å². The van der Waals surface area contributed by atoms with Crippen molar-refractivity contribution in [3.05, 3.63) is 64.0 Å². The van der Waals surface area contributed by atoms with Crippen molar-refractivity contribution in [1.29, 1.82) is 0 Å². The number of alkyl halides is 3. The van der Waals surface area contributed by atoms with E-state index in [1.165, 1.54) is 11.1 Å². The van der Waals surface area contributed by atoms with Gasteiger partial charge in [-0.1, -0.05) is 6.08 Å². The maximum Gasteiger partial charge on any atom is 0.416 e. The summed E-state index contributed by atoms with van der Waals surface area (Å²) >= 11 is 0. The van der Waals surface area contributed by atoms with Crippen LogP contribution >= 0.6 is 0 Å². The lowest BCUT2D eigenvalue weighted by Crippen LogP contribution is -2.39. The molecule has 0 radical (unpaired) electrons. The summed E-state index contributed by atoms with van der Waals surface area (Å²) < 4.78 is 45.9. The van der Waals surface area contributed by atoms with Crippen molar-refractivity contribution >= 4 is 34.1 Å². The highest BCUT2D eigenvalue weighted by Gasteiger charge is 2.32. The first-order chi connectivity index (χ1) is 19.2. The Bertz CT molecular complexity index is 1540. The SMILES string of the molecule is Cc1nc(N[C@H](C)c2cc(N)cc(C(F)(F)F)c2)c2cc(C3=CCN(C(=O)OC(C)(C)C)CC3)c3c(c2n1)CCC3. The Morgan fingerprint density at radius 1 is 1.07 bits per heavy atom. The molecule has 2 aromatic carbocycles. The molecule has 0 spiro atoms. The lowest BCUT2D eigenvalue weighted by atomic mass is 9.91. The number of hydrogen-bond donors (Lipinski definition) is 2. The van der Waals surface area contributed by atoms with E-state index in [4.69, 9.17) is 15.5 Å². The van der Waals surface area contributed by atoms with E-state index in [9.17, 15) is 18.0 Å². The van der Waals surface area contributed by atoms with Crippen molar-refractivity contribution in [1.82, 2.24) is 14.9 Å². The number of aromatic nitrogens is 2. The van der Waals surface area contributed by atoms with Gasteiger partial charge in [0, 0.05) is 24.2 Å². The summed E-state index contributed by atoms with van der Waals surface area (Å²) in [6.07, 6.45) is 0.813. The fourth-order valence-electron chi connectivity index (χ4n) is 5.66. The summed E-state index contributed by atoms with van der Waals surface area (Å²) in [6.45, 7) is 10.2. The summed E-state index contributed by atoms with van der Waals surface area (Å²) in [6, 6.07) is 5.22. The Kier molecular flexibility index (Phi) is 7.38. The molecule has 2 heterocycles. The van der Waals surface area contributed by atoms with Gasteiger partial charge >= 0.3 is 12.3 Å². The average Bonchev–Trinajstić information content (AvgIpc) is 3.37. The third-order valence-electron chi connectivity index (χ3n) is 7.54. The summed E-state index contributed by atoms with van der Waals surface area (Å²) in [4.78, 5) is 23.8. The van der Waals surface area contributed by atoms with Gasteiger partial charge in [0.25, 0.3) is 0 Å². The molecule has 2 aliphatic rings. The summed E-state index contributed by atoms with van der Waals surface area (Å²) in [5.74, 6) is 1.15. The second kappa shape index (κ2) is 10.5. The number of nitrogens with one attached hydrogen (secondary N) is 1. The Labute approximate surface area is 238 Å². The molecule has 1 amide bonds. The predicted octanol–water partition coefficient (Wildman–Crippen LogP) is 7.23. The van der Waals surface area contributed by atoms with Crippen molar-refractivity contribution in [2.75, 3.05) is 24.1 Å². The van der Waals surface area contributed by atoms with Gasteiger partial charge in [-0.15, -0.1) is 0 Å². The van der Waals surface area contributed by atoms with E-state index in [1.807, 2.05) is 27.7 Å². The van der Waals surface area contributed by atoms with Gasteiger partial charge in [-0.2, -0.15) is 13.2 Å². The van der Waals surface area contributed by atoms with Crippen molar-refractivity contribution < 1.29 is 22.7 Å². The summed E-state index contributed by atoms with van der Waals surface area (Å²) in [5.41, 5.74) is 10.6. The zero-order chi connectivity index (χ0) is 29.7. The fourth-order valence-corrected chi connectivity index (χ4v) is 5.66. The summed E-state index contributed by atoms with van der Waals surface area (Å²) in [5, 5.41) is 4.18. The van der Waals surface area contributed by atoms with E-state index in [1.54, 1.807) is 17.9 Å². The van der Waals surface area contributed by atoms with E-state index >= 15 is 0 Å². The van der Waals surface area contributed by atoms with E-state index in [0.29, 0.717) is 36.7 Å². The Balaban J connectivity index is 1.51. The molecule has 5 rings (SSSR count).